The molecule has 70 valence electrons. The normalized spacial score (nSPS) is 47.5. The number of fused-ring (bicyclic) bond motifs is 2. The summed E-state index contributed by atoms with van der Waals surface area (Å²) in [6, 6.07) is 0. The Balaban J connectivity index is 2.13. The van der Waals surface area contributed by atoms with Gasteiger partial charge in [-0.25, -0.2) is 0 Å². The van der Waals surface area contributed by atoms with Crippen LogP contribution in [0.1, 0.15) is 19.3 Å². The second-order valence-corrected chi connectivity index (χ2v) is 4.20. The van der Waals surface area contributed by atoms with Gasteiger partial charge in [0.25, 0.3) is 0 Å². The quantitative estimate of drug-likeness (QED) is 0.572. The molecule has 3 nitrogen and oxygen atoms in total. The molecule has 12 heavy (non-hydrogen) atoms. The van der Waals surface area contributed by atoms with Gasteiger partial charge in [-0.2, -0.15) is 0 Å². The van der Waals surface area contributed by atoms with E-state index in [2.05, 4.69) is 4.90 Å². The third-order valence-corrected chi connectivity index (χ3v) is 3.47. The molecule has 0 spiro atoms. The molecule has 0 aromatic rings. The van der Waals surface area contributed by atoms with E-state index >= 15 is 0 Å². The Bertz CT molecular complexity index is 174. The summed E-state index contributed by atoms with van der Waals surface area (Å²) in [6.07, 6.45) is 3.13. The van der Waals surface area contributed by atoms with Crippen molar-refractivity contribution in [2.24, 2.45) is 11.7 Å². The summed E-state index contributed by atoms with van der Waals surface area (Å²) in [6.45, 7) is 3.81. The Kier molecular flexibility index (Phi) is 2.10. The van der Waals surface area contributed by atoms with Gasteiger partial charge in [0.15, 0.2) is 0 Å². The summed E-state index contributed by atoms with van der Waals surface area (Å²) in [4.78, 5) is 2.44. The predicted molar refractivity (Wildman–Crippen MR) is 47.8 cm³/mol. The van der Waals surface area contributed by atoms with Crippen LogP contribution in [0.2, 0.25) is 0 Å². The van der Waals surface area contributed by atoms with Crippen LogP contribution in [0.5, 0.6) is 0 Å². The van der Waals surface area contributed by atoms with Gasteiger partial charge in [-0.05, 0) is 32.4 Å². The van der Waals surface area contributed by atoms with Gasteiger partial charge >= 0.3 is 0 Å². The molecule has 0 amide bonds. The highest BCUT2D eigenvalue weighted by Gasteiger charge is 2.41. The van der Waals surface area contributed by atoms with Crippen LogP contribution < -0.4 is 5.73 Å². The maximum absolute atomic E-state index is 10.2. The average molecular weight is 170 g/mol. The lowest BCUT2D eigenvalue weighted by molar-refractivity contribution is -0.00830. The van der Waals surface area contributed by atoms with Crippen LogP contribution in [0.15, 0.2) is 0 Å². The fraction of sp³-hybridized carbons (Fsp3) is 1.00. The second-order valence-electron chi connectivity index (χ2n) is 4.20. The smallest absolute Gasteiger partial charge is 0.0810 e. The number of hydrogen-bond acceptors (Lipinski definition) is 3. The Morgan fingerprint density at radius 3 is 3.08 bits per heavy atom. The molecule has 3 atom stereocenters. The standard InChI is InChI=1S/C9H18N2O/c10-7-9(12)3-1-4-11-5-2-8(9)6-11/h8,12H,1-7,10H2. The zero-order chi connectivity index (χ0) is 8.60. The number of rotatable bonds is 1. The maximum atomic E-state index is 10.2. The summed E-state index contributed by atoms with van der Waals surface area (Å²) in [5.41, 5.74) is 5.07. The van der Waals surface area contributed by atoms with Crippen LogP contribution in [0.4, 0.5) is 0 Å². The second kappa shape index (κ2) is 2.98. The van der Waals surface area contributed by atoms with Crippen molar-refractivity contribution in [1.82, 2.24) is 4.90 Å². The van der Waals surface area contributed by atoms with Crippen molar-refractivity contribution in [3.05, 3.63) is 0 Å². The molecule has 2 aliphatic heterocycles. The summed E-state index contributed by atoms with van der Waals surface area (Å²) in [7, 11) is 0. The van der Waals surface area contributed by atoms with Gasteiger partial charge in [0.05, 0.1) is 5.60 Å². The van der Waals surface area contributed by atoms with E-state index in [0.717, 1.165) is 38.9 Å². The van der Waals surface area contributed by atoms with Crippen LogP contribution in [0.3, 0.4) is 0 Å². The average Bonchev–Trinajstić information content (AvgIpc) is 2.45. The SMILES string of the molecule is NCC1(O)CCCN2CCC1C2. The van der Waals surface area contributed by atoms with Crippen molar-refractivity contribution in [2.45, 2.75) is 24.9 Å². The summed E-state index contributed by atoms with van der Waals surface area (Å²) in [5, 5.41) is 10.2. The molecule has 3 unspecified atom stereocenters. The monoisotopic (exact) mass is 170 g/mol. The highest BCUT2D eigenvalue weighted by molar-refractivity contribution is 4.95. The Morgan fingerprint density at radius 1 is 1.50 bits per heavy atom. The molecule has 0 saturated carbocycles. The van der Waals surface area contributed by atoms with E-state index in [-0.39, 0.29) is 0 Å². The molecular formula is C9H18N2O. The van der Waals surface area contributed by atoms with E-state index in [1.54, 1.807) is 0 Å². The zero-order valence-corrected chi connectivity index (χ0v) is 7.50. The minimum absolute atomic E-state index is 0.435. The molecule has 0 radical (unpaired) electrons. The van der Waals surface area contributed by atoms with Gasteiger partial charge in [0.1, 0.15) is 0 Å². The summed E-state index contributed by atoms with van der Waals surface area (Å²) in [5.74, 6) is 0.435. The number of nitrogens with two attached hydrogens (primary N) is 1. The lowest BCUT2D eigenvalue weighted by Crippen LogP contribution is -2.44. The molecule has 2 saturated heterocycles. The molecule has 3 heteroatoms. The van der Waals surface area contributed by atoms with Gasteiger partial charge in [-0.3, -0.25) is 0 Å². The molecule has 2 heterocycles. The fourth-order valence-electron chi connectivity index (χ4n) is 2.56. The molecule has 0 aromatic heterocycles. The molecule has 2 bridgehead atoms. The fourth-order valence-corrected chi connectivity index (χ4v) is 2.56. The lowest BCUT2D eigenvalue weighted by atomic mass is 9.83. The van der Waals surface area contributed by atoms with Crippen molar-refractivity contribution in [3.63, 3.8) is 0 Å². The van der Waals surface area contributed by atoms with Crippen molar-refractivity contribution in [3.8, 4) is 0 Å². The maximum Gasteiger partial charge on any atom is 0.0810 e. The van der Waals surface area contributed by atoms with E-state index in [4.69, 9.17) is 5.73 Å². The lowest BCUT2D eigenvalue weighted by Gasteiger charge is -2.31. The van der Waals surface area contributed by atoms with Gasteiger partial charge in [-0.1, -0.05) is 0 Å². The van der Waals surface area contributed by atoms with Gasteiger partial charge in [0.2, 0.25) is 0 Å². The van der Waals surface area contributed by atoms with Crippen LogP contribution in [0, 0.1) is 5.92 Å². The Hall–Kier alpha value is -0.120. The third kappa shape index (κ3) is 1.26. The van der Waals surface area contributed by atoms with Crippen LogP contribution >= 0.6 is 0 Å². The van der Waals surface area contributed by atoms with E-state index in [9.17, 15) is 5.11 Å². The molecule has 2 aliphatic rings. The molecular weight excluding hydrogens is 152 g/mol. The Labute approximate surface area is 73.5 Å². The van der Waals surface area contributed by atoms with Crippen LogP contribution in [-0.2, 0) is 0 Å². The van der Waals surface area contributed by atoms with Crippen molar-refractivity contribution < 1.29 is 5.11 Å². The first kappa shape index (κ1) is 8.48. The van der Waals surface area contributed by atoms with Crippen LogP contribution in [0.25, 0.3) is 0 Å². The highest BCUT2D eigenvalue weighted by atomic mass is 16.3. The number of aliphatic hydroxyl groups is 1. The minimum atomic E-state index is -0.550. The van der Waals surface area contributed by atoms with Gasteiger partial charge < -0.3 is 15.7 Å². The van der Waals surface area contributed by atoms with E-state index in [1.165, 1.54) is 0 Å². The van der Waals surface area contributed by atoms with Gasteiger partial charge in [0, 0.05) is 19.0 Å². The van der Waals surface area contributed by atoms with E-state index in [0.29, 0.717) is 12.5 Å². The number of nitrogens with zero attached hydrogens (tertiary/aromatic N) is 1. The molecule has 3 N–H and O–H groups in total. The molecule has 0 aliphatic carbocycles. The van der Waals surface area contributed by atoms with Crippen molar-refractivity contribution >= 4 is 0 Å². The molecule has 2 rings (SSSR count). The number of hydrogen-bond donors (Lipinski definition) is 2. The predicted octanol–water partition coefficient (Wildman–Crippen LogP) is -0.208. The van der Waals surface area contributed by atoms with E-state index < -0.39 is 5.60 Å². The Morgan fingerprint density at radius 2 is 2.33 bits per heavy atom. The largest absolute Gasteiger partial charge is 0.388 e. The molecule has 2 fully saturated rings. The minimum Gasteiger partial charge on any atom is -0.388 e. The van der Waals surface area contributed by atoms with Crippen LogP contribution in [-0.4, -0.2) is 41.8 Å². The zero-order valence-electron chi connectivity index (χ0n) is 7.50. The first-order valence-corrected chi connectivity index (χ1v) is 4.89. The first-order chi connectivity index (χ1) is 5.74. The summed E-state index contributed by atoms with van der Waals surface area (Å²) >= 11 is 0. The summed E-state index contributed by atoms with van der Waals surface area (Å²) < 4.78 is 0. The van der Waals surface area contributed by atoms with E-state index in [1.807, 2.05) is 0 Å². The first-order valence-electron chi connectivity index (χ1n) is 4.89. The molecule has 0 aromatic carbocycles. The van der Waals surface area contributed by atoms with Gasteiger partial charge in [-0.15, -0.1) is 0 Å². The van der Waals surface area contributed by atoms with Crippen molar-refractivity contribution in [2.75, 3.05) is 26.2 Å². The highest BCUT2D eigenvalue weighted by Crippen LogP contribution is 2.33. The third-order valence-electron chi connectivity index (χ3n) is 3.47. The van der Waals surface area contributed by atoms with Crippen molar-refractivity contribution in [1.29, 1.82) is 0 Å². The topological polar surface area (TPSA) is 49.5 Å².